The van der Waals surface area contributed by atoms with Crippen LogP contribution in [-0.2, 0) is 18.5 Å². The highest BCUT2D eigenvalue weighted by molar-refractivity contribution is 5.96. The third-order valence-corrected chi connectivity index (χ3v) is 10.7. The van der Waals surface area contributed by atoms with E-state index in [1.807, 2.05) is 0 Å². The Kier molecular flexibility index (Phi) is 11.2. The molecule has 12 nitrogen and oxygen atoms in total. The Bertz CT molecular complexity index is 3570. The molecule has 0 spiro atoms. The number of rotatable bonds is 11. The van der Waals surface area contributed by atoms with E-state index < -0.39 is 35.2 Å². The van der Waals surface area contributed by atoms with Gasteiger partial charge in [0.2, 0.25) is 11.9 Å². The molecule has 0 saturated heterocycles. The number of fused-ring (bicyclic) bond motifs is 2. The van der Waals surface area contributed by atoms with E-state index in [1.54, 1.807) is 72.9 Å². The van der Waals surface area contributed by atoms with E-state index >= 15 is 0 Å². The number of anilines is 4. The molecule has 6 aromatic carbocycles. The Morgan fingerprint density at radius 3 is 1.59 bits per heavy atom. The Balaban J connectivity index is 0.928. The molecule has 0 amide bonds. The summed E-state index contributed by atoms with van der Waals surface area (Å²) >= 11 is 0. The highest BCUT2D eigenvalue weighted by Gasteiger charge is 2.33. The van der Waals surface area contributed by atoms with E-state index in [4.69, 9.17) is 9.47 Å². The molecule has 0 radical (unpaired) electrons. The van der Waals surface area contributed by atoms with Crippen molar-refractivity contribution in [2.75, 3.05) is 10.6 Å². The molecule has 10 aromatic rings. The maximum Gasteiger partial charge on any atom is 0.416 e. The summed E-state index contributed by atoms with van der Waals surface area (Å²) in [5.41, 5.74) is -0.286. The van der Waals surface area contributed by atoms with Crippen molar-refractivity contribution in [1.29, 1.82) is 0 Å². The monoisotopic (exact) mass is 960 g/mol. The molecular weight excluding hydrogens is 932 g/mol. The summed E-state index contributed by atoms with van der Waals surface area (Å²) in [6.45, 7) is 0. The number of nitrogens with zero attached hydrogens (tertiary/aromatic N) is 6. The quantitative estimate of drug-likeness (QED) is 0.0922. The molecule has 21 heteroatoms. The second kappa shape index (κ2) is 17.6. The van der Waals surface area contributed by atoms with E-state index in [-0.39, 0.29) is 51.5 Å². The first-order valence-corrected chi connectivity index (χ1v) is 20.7. The highest BCUT2D eigenvalue weighted by atomic mass is 19.4. The number of hydrogen-bond donors (Lipinski definition) is 4. The van der Waals surface area contributed by atoms with Gasteiger partial charge in [-0.3, -0.25) is 9.97 Å². The van der Waals surface area contributed by atoms with Crippen molar-refractivity contribution >= 4 is 44.9 Å². The van der Waals surface area contributed by atoms with E-state index in [2.05, 4.69) is 51.0 Å². The summed E-state index contributed by atoms with van der Waals surface area (Å²) in [6.07, 6.45) is -9.17. The SMILES string of the molecule is FC(F)(F)c1cccc(Nc2nnc(-c3cccc(Oc4cncc5cc(-c6cnc7cc(C(F)(F)F)ccc7c6Oc6cccc(-c7nnc(Nc8cccc(C(F)(F)F)c8)[nH]7)c6)ccc45)c3)[nH]2)c1. The molecule has 4 aromatic heterocycles. The zero-order valence-electron chi connectivity index (χ0n) is 35.3. The molecule has 0 aliphatic carbocycles. The van der Waals surface area contributed by atoms with Gasteiger partial charge in [0.25, 0.3) is 0 Å². The molecule has 0 saturated carbocycles. The van der Waals surface area contributed by atoms with Crippen molar-refractivity contribution in [3.05, 3.63) is 169 Å². The molecule has 0 fully saturated rings. The molecule has 10 rings (SSSR count). The van der Waals surface area contributed by atoms with Crippen molar-refractivity contribution in [2.24, 2.45) is 0 Å². The summed E-state index contributed by atoms with van der Waals surface area (Å²) in [6, 6.07) is 31.1. The van der Waals surface area contributed by atoms with Crippen molar-refractivity contribution in [1.82, 2.24) is 40.3 Å². The molecular formula is C49H29F9N10O2. The first-order valence-electron chi connectivity index (χ1n) is 20.7. The first kappa shape index (κ1) is 44.8. The minimum absolute atomic E-state index is 0.0131. The van der Waals surface area contributed by atoms with Gasteiger partial charge in [-0.15, -0.1) is 20.4 Å². The van der Waals surface area contributed by atoms with E-state index in [0.29, 0.717) is 50.3 Å². The molecule has 4 heterocycles. The largest absolute Gasteiger partial charge is 0.456 e. The van der Waals surface area contributed by atoms with Crippen LogP contribution in [0.4, 0.5) is 62.8 Å². The van der Waals surface area contributed by atoms with Gasteiger partial charge in [0, 0.05) is 56.6 Å². The Morgan fingerprint density at radius 1 is 0.457 bits per heavy atom. The number of hydrogen-bond acceptors (Lipinski definition) is 10. The number of aromatic amines is 2. The number of H-pyrrole nitrogens is 2. The fourth-order valence-corrected chi connectivity index (χ4v) is 7.43. The standard InChI is InChI=1S/C49H29F9N10O2/c50-47(51,52)30-7-3-9-33(20-30)61-45-63-43(65-67-45)27-5-1-11-35(18-27)69-41-25-59-23-29-17-26(13-15-37(29)41)39-24-60-40-22-32(49(56,57)58)14-16-38(40)42(39)70-36-12-2-6-28(19-36)44-64-46(68-66-44)62-34-10-4-8-31(21-34)48(53,54)55/h1-25H,(H2,61,63,65,67)(H2,62,64,66,68). The van der Waals surface area contributed by atoms with Gasteiger partial charge in [-0.05, 0) is 96.6 Å². The molecule has 0 aliphatic heterocycles. The van der Waals surface area contributed by atoms with Gasteiger partial charge in [0.15, 0.2) is 17.4 Å². The molecule has 4 N–H and O–H groups in total. The van der Waals surface area contributed by atoms with Gasteiger partial charge in [-0.1, -0.05) is 42.5 Å². The summed E-state index contributed by atoms with van der Waals surface area (Å²) in [7, 11) is 0. The third kappa shape index (κ3) is 9.57. The molecule has 70 heavy (non-hydrogen) atoms. The maximum absolute atomic E-state index is 13.8. The fraction of sp³-hybridized carbons (Fsp3) is 0.0612. The lowest BCUT2D eigenvalue weighted by Gasteiger charge is -2.16. The number of pyridine rings is 2. The van der Waals surface area contributed by atoms with Crippen LogP contribution in [0.25, 0.3) is 55.6 Å². The molecule has 0 bridgehead atoms. The van der Waals surface area contributed by atoms with Crippen LogP contribution in [0.2, 0.25) is 0 Å². The fourth-order valence-electron chi connectivity index (χ4n) is 7.43. The van der Waals surface area contributed by atoms with Crippen molar-refractivity contribution in [3.8, 4) is 56.9 Å². The predicted molar refractivity (Wildman–Crippen MR) is 241 cm³/mol. The van der Waals surface area contributed by atoms with Crippen LogP contribution >= 0.6 is 0 Å². The van der Waals surface area contributed by atoms with Crippen LogP contribution in [0.1, 0.15) is 16.7 Å². The second-order valence-electron chi connectivity index (χ2n) is 15.5. The molecule has 0 atom stereocenters. The van der Waals surface area contributed by atoms with Crippen molar-refractivity contribution in [3.63, 3.8) is 0 Å². The summed E-state index contributed by atoms with van der Waals surface area (Å²) in [5, 5.41) is 23.4. The topological polar surface area (TPSA) is 151 Å². The minimum atomic E-state index is -4.64. The Morgan fingerprint density at radius 2 is 1.00 bits per heavy atom. The lowest BCUT2D eigenvalue weighted by atomic mass is 10.00. The third-order valence-electron chi connectivity index (χ3n) is 10.7. The number of nitrogens with one attached hydrogen (secondary N) is 4. The van der Waals surface area contributed by atoms with Crippen LogP contribution in [-0.4, -0.2) is 40.3 Å². The van der Waals surface area contributed by atoms with E-state index in [1.165, 1.54) is 42.7 Å². The van der Waals surface area contributed by atoms with Gasteiger partial charge in [0.1, 0.15) is 17.2 Å². The smallest absolute Gasteiger partial charge is 0.416 e. The van der Waals surface area contributed by atoms with Crippen LogP contribution in [0.3, 0.4) is 0 Å². The molecule has 0 unspecified atom stereocenters. The van der Waals surface area contributed by atoms with E-state index in [0.717, 1.165) is 36.4 Å². The first-order chi connectivity index (χ1) is 33.5. The number of alkyl halides is 9. The van der Waals surface area contributed by atoms with Crippen molar-refractivity contribution < 1.29 is 49.0 Å². The van der Waals surface area contributed by atoms with E-state index in [9.17, 15) is 39.5 Å². The average molecular weight is 961 g/mol. The Hall–Kier alpha value is -9.01. The zero-order valence-corrected chi connectivity index (χ0v) is 35.3. The van der Waals surface area contributed by atoms with Gasteiger partial charge in [0.05, 0.1) is 28.4 Å². The van der Waals surface area contributed by atoms with Gasteiger partial charge >= 0.3 is 18.5 Å². The minimum Gasteiger partial charge on any atom is -0.456 e. The Labute approximate surface area is 388 Å². The van der Waals surface area contributed by atoms with Gasteiger partial charge < -0.3 is 30.1 Å². The average Bonchev–Trinajstić information content (AvgIpc) is 4.01. The summed E-state index contributed by atoms with van der Waals surface area (Å²) in [5.74, 6) is 1.91. The van der Waals surface area contributed by atoms with Crippen LogP contribution in [0, 0.1) is 0 Å². The predicted octanol–water partition coefficient (Wildman–Crippen LogP) is 14.1. The number of ether oxygens (including phenoxy) is 2. The highest BCUT2D eigenvalue weighted by Crippen LogP contribution is 2.43. The summed E-state index contributed by atoms with van der Waals surface area (Å²) < 4.78 is 134. The summed E-state index contributed by atoms with van der Waals surface area (Å²) in [4.78, 5) is 14.7. The van der Waals surface area contributed by atoms with Crippen LogP contribution in [0.5, 0.6) is 23.0 Å². The van der Waals surface area contributed by atoms with Crippen LogP contribution < -0.4 is 20.1 Å². The maximum atomic E-state index is 13.8. The van der Waals surface area contributed by atoms with Crippen molar-refractivity contribution in [2.45, 2.75) is 18.5 Å². The lowest BCUT2D eigenvalue weighted by Crippen LogP contribution is -2.05. The molecule has 0 aliphatic rings. The normalized spacial score (nSPS) is 12.1. The number of halogens is 9. The molecule has 350 valence electrons. The van der Waals surface area contributed by atoms with Gasteiger partial charge in [-0.2, -0.15) is 39.5 Å². The lowest BCUT2D eigenvalue weighted by molar-refractivity contribution is -0.138. The number of benzene rings is 6. The number of aromatic nitrogens is 8. The zero-order chi connectivity index (χ0) is 48.8. The second-order valence-corrected chi connectivity index (χ2v) is 15.5. The van der Waals surface area contributed by atoms with Gasteiger partial charge in [-0.25, -0.2) is 0 Å². The van der Waals surface area contributed by atoms with Crippen LogP contribution in [0.15, 0.2) is 152 Å².